The van der Waals surface area contributed by atoms with Crippen LogP contribution in [0.1, 0.15) is 60.6 Å². The average Bonchev–Trinajstić information content (AvgIpc) is 3.24. The molecule has 1 aromatic rings. The van der Waals surface area contributed by atoms with Crippen LogP contribution in [0.4, 0.5) is 0 Å². The lowest BCUT2D eigenvalue weighted by Gasteiger charge is -2.24. The number of benzene rings is 1. The van der Waals surface area contributed by atoms with Gasteiger partial charge in [-0.2, -0.15) is 0 Å². The Morgan fingerprint density at radius 1 is 1.25 bits per heavy atom. The van der Waals surface area contributed by atoms with Crippen molar-refractivity contribution in [2.75, 3.05) is 13.6 Å². The second kappa shape index (κ2) is 5.88. The van der Waals surface area contributed by atoms with Crippen molar-refractivity contribution in [1.82, 2.24) is 15.5 Å². The number of nitrogens with one attached hydrogen (secondary N) is 2. The van der Waals surface area contributed by atoms with Crippen LogP contribution in [0.25, 0.3) is 0 Å². The van der Waals surface area contributed by atoms with Gasteiger partial charge < -0.3 is 10.2 Å². The quantitative estimate of drug-likeness (QED) is 0.891. The van der Waals surface area contributed by atoms with E-state index >= 15 is 0 Å². The molecule has 2 N–H and O–H groups in total. The Hall–Kier alpha value is -1.88. The summed E-state index contributed by atoms with van der Waals surface area (Å²) in [5.74, 6) is 0.867. The van der Waals surface area contributed by atoms with Gasteiger partial charge in [-0.3, -0.25) is 14.9 Å². The van der Waals surface area contributed by atoms with E-state index in [1.165, 1.54) is 12.8 Å². The first kappa shape index (κ1) is 15.6. The van der Waals surface area contributed by atoms with Crippen LogP contribution in [0.5, 0.6) is 0 Å². The fraction of sp³-hybridized carbons (Fsp3) is 0.579. The molecule has 5 nitrogen and oxygen atoms in total. The second-order valence-corrected chi connectivity index (χ2v) is 7.44. The number of carbonyl (C=O) groups excluding carboxylic acids is 2. The molecule has 0 aromatic heterocycles. The monoisotopic (exact) mass is 327 g/mol. The van der Waals surface area contributed by atoms with E-state index in [-0.39, 0.29) is 23.5 Å². The van der Waals surface area contributed by atoms with Gasteiger partial charge in [-0.15, -0.1) is 0 Å². The van der Waals surface area contributed by atoms with Gasteiger partial charge in [0, 0.05) is 19.2 Å². The fourth-order valence-corrected chi connectivity index (χ4v) is 4.12. The Kier molecular flexibility index (Phi) is 3.83. The van der Waals surface area contributed by atoms with Gasteiger partial charge in [-0.1, -0.05) is 25.0 Å². The van der Waals surface area contributed by atoms with Gasteiger partial charge in [0.25, 0.3) is 5.91 Å². The minimum Gasteiger partial charge on any atom is -0.355 e. The lowest BCUT2D eigenvalue weighted by molar-refractivity contribution is -0.133. The summed E-state index contributed by atoms with van der Waals surface area (Å²) in [5.41, 5.74) is 1.37. The van der Waals surface area contributed by atoms with Crippen LogP contribution in [0, 0.1) is 5.92 Å². The average molecular weight is 327 g/mol. The van der Waals surface area contributed by atoms with Gasteiger partial charge >= 0.3 is 0 Å². The molecule has 5 heteroatoms. The van der Waals surface area contributed by atoms with Crippen molar-refractivity contribution in [1.29, 1.82) is 0 Å². The van der Waals surface area contributed by atoms with Crippen molar-refractivity contribution in [3.8, 4) is 0 Å². The minimum atomic E-state index is -0.348. The first-order chi connectivity index (χ1) is 11.6. The molecule has 1 spiro atoms. The molecular formula is C19H25N3O2. The van der Waals surface area contributed by atoms with Crippen LogP contribution < -0.4 is 10.6 Å². The highest BCUT2D eigenvalue weighted by molar-refractivity contribution is 5.94. The summed E-state index contributed by atoms with van der Waals surface area (Å²) in [4.78, 5) is 26.9. The highest BCUT2D eigenvalue weighted by atomic mass is 16.2. The predicted molar refractivity (Wildman–Crippen MR) is 91.3 cm³/mol. The fourth-order valence-electron chi connectivity index (χ4n) is 4.12. The summed E-state index contributed by atoms with van der Waals surface area (Å²) >= 11 is 0. The van der Waals surface area contributed by atoms with Crippen molar-refractivity contribution < 1.29 is 9.59 Å². The summed E-state index contributed by atoms with van der Waals surface area (Å²) < 4.78 is 0. The molecule has 0 bridgehead atoms. The molecule has 1 aliphatic heterocycles. The Morgan fingerprint density at radius 3 is 2.50 bits per heavy atom. The standard InChI is InChI=1S/C19H25N3O2/c1-20-17(23)15-8-6-14(7-9-15)16-21-19(10-2-3-11-19)18(24)22(16)12-13-4-5-13/h6-9,13,16,21H,2-5,10-12H2,1H3,(H,20,23)/t16-/m1/s1. The van der Waals surface area contributed by atoms with Gasteiger partial charge in [0.05, 0.1) is 5.54 Å². The van der Waals surface area contributed by atoms with Crippen molar-refractivity contribution in [3.05, 3.63) is 35.4 Å². The predicted octanol–water partition coefficient (Wildman–Crippen LogP) is 2.20. The smallest absolute Gasteiger partial charge is 0.251 e. The SMILES string of the molecule is CNC(=O)c1ccc([C@@H]2NC3(CCCC3)C(=O)N2CC2CC2)cc1. The molecule has 128 valence electrons. The molecule has 4 rings (SSSR count). The van der Waals surface area contributed by atoms with Gasteiger partial charge in [0.1, 0.15) is 6.17 Å². The van der Waals surface area contributed by atoms with Crippen LogP contribution in [0.15, 0.2) is 24.3 Å². The molecule has 0 radical (unpaired) electrons. The molecule has 3 aliphatic rings. The Labute approximate surface area is 142 Å². The first-order valence-electron chi connectivity index (χ1n) is 9.04. The molecule has 2 aliphatic carbocycles. The highest BCUT2D eigenvalue weighted by Gasteiger charge is 2.53. The summed E-state index contributed by atoms with van der Waals surface area (Å²) in [5, 5.41) is 6.30. The van der Waals surface area contributed by atoms with Crippen LogP contribution in [-0.4, -0.2) is 35.8 Å². The summed E-state index contributed by atoms with van der Waals surface area (Å²) in [6.07, 6.45) is 6.55. The number of hydrogen-bond donors (Lipinski definition) is 2. The Morgan fingerprint density at radius 2 is 1.92 bits per heavy atom. The molecule has 1 atom stereocenters. The molecule has 2 saturated carbocycles. The zero-order chi connectivity index (χ0) is 16.7. The van der Waals surface area contributed by atoms with Crippen molar-refractivity contribution in [2.24, 2.45) is 5.92 Å². The van der Waals surface area contributed by atoms with E-state index in [0.717, 1.165) is 37.8 Å². The van der Waals surface area contributed by atoms with Crippen molar-refractivity contribution in [2.45, 2.75) is 50.2 Å². The molecule has 1 heterocycles. The Bertz CT molecular complexity index is 645. The largest absolute Gasteiger partial charge is 0.355 e. The lowest BCUT2D eigenvalue weighted by atomic mass is 9.98. The van der Waals surface area contributed by atoms with Gasteiger partial charge in [0.2, 0.25) is 5.91 Å². The number of hydrogen-bond acceptors (Lipinski definition) is 3. The van der Waals surface area contributed by atoms with Crippen LogP contribution in [0.3, 0.4) is 0 Å². The van der Waals surface area contributed by atoms with Crippen molar-refractivity contribution >= 4 is 11.8 Å². The molecule has 1 aromatic carbocycles. The summed E-state index contributed by atoms with van der Waals surface area (Å²) in [6.45, 7) is 0.857. The molecule has 2 amide bonds. The molecular weight excluding hydrogens is 302 g/mol. The molecule has 3 fully saturated rings. The van der Waals surface area contributed by atoms with Crippen molar-refractivity contribution in [3.63, 3.8) is 0 Å². The van der Waals surface area contributed by atoms with Crippen LogP contribution >= 0.6 is 0 Å². The number of nitrogens with zero attached hydrogens (tertiary/aromatic N) is 1. The van der Waals surface area contributed by atoms with E-state index < -0.39 is 0 Å². The summed E-state index contributed by atoms with van der Waals surface area (Å²) in [6, 6.07) is 7.64. The molecule has 24 heavy (non-hydrogen) atoms. The van der Waals surface area contributed by atoms with Crippen LogP contribution in [0.2, 0.25) is 0 Å². The zero-order valence-electron chi connectivity index (χ0n) is 14.2. The zero-order valence-corrected chi connectivity index (χ0v) is 14.2. The van der Waals surface area contributed by atoms with E-state index in [1.807, 2.05) is 24.3 Å². The molecule has 0 unspecified atom stereocenters. The highest BCUT2D eigenvalue weighted by Crippen LogP contribution is 2.43. The maximum Gasteiger partial charge on any atom is 0.251 e. The number of carbonyl (C=O) groups is 2. The number of amides is 2. The normalized spacial score (nSPS) is 25.5. The van der Waals surface area contributed by atoms with Gasteiger partial charge in [-0.25, -0.2) is 0 Å². The van der Waals surface area contributed by atoms with Gasteiger partial charge in [-0.05, 0) is 49.3 Å². The lowest BCUT2D eigenvalue weighted by Crippen LogP contribution is -2.44. The minimum absolute atomic E-state index is 0.0602. The maximum absolute atomic E-state index is 13.1. The van der Waals surface area contributed by atoms with Gasteiger partial charge in [0.15, 0.2) is 0 Å². The third-order valence-corrected chi connectivity index (χ3v) is 5.72. The summed E-state index contributed by atoms with van der Waals surface area (Å²) in [7, 11) is 1.63. The van der Waals surface area contributed by atoms with E-state index in [4.69, 9.17) is 0 Å². The second-order valence-electron chi connectivity index (χ2n) is 7.44. The third-order valence-electron chi connectivity index (χ3n) is 5.72. The maximum atomic E-state index is 13.1. The van der Waals surface area contributed by atoms with E-state index in [0.29, 0.717) is 11.5 Å². The molecule has 1 saturated heterocycles. The van der Waals surface area contributed by atoms with E-state index in [1.54, 1.807) is 7.05 Å². The Balaban J connectivity index is 1.61. The van der Waals surface area contributed by atoms with Crippen LogP contribution in [-0.2, 0) is 4.79 Å². The van der Waals surface area contributed by atoms with E-state index in [9.17, 15) is 9.59 Å². The number of rotatable bonds is 4. The van der Waals surface area contributed by atoms with E-state index in [2.05, 4.69) is 15.5 Å². The first-order valence-corrected chi connectivity index (χ1v) is 9.04. The third kappa shape index (κ3) is 2.61. The topological polar surface area (TPSA) is 61.4 Å².